The molecule has 2 aromatic heterocycles. The highest BCUT2D eigenvalue weighted by Gasteiger charge is 2.56. The summed E-state index contributed by atoms with van der Waals surface area (Å²) in [5, 5.41) is 12.6. The number of anilines is 1. The van der Waals surface area contributed by atoms with E-state index in [1.54, 1.807) is 18.2 Å². The summed E-state index contributed by atoms with van der Waals surface area (Å²) in [6, 6.07) is 9.30. The average molecular weight is 407 g/mol. The van der Waals surface area contributed by atoms with Gasteiger partial charge in [0.25, 0.3) is 6.01 Å². The first-order valence-corrected chi connectivity index (χ1v) is 10.4. The number of nitrogens with one attached hydrogen (secondary N) is 1. The SMILES string of the molecule is C[C@@H]1[C@@H](Nc2nc3ccc(Oc4ccnc(C(=O)O)c4)cc3o2)C[C@H]2C[C@@H]1C2(C)C. The Labute approximate surface area is 174 Å². The quantitative estimate of drug-likeness (QED) is 0.600. The maximum atomic E-state index is 11.1. The van der Waals surface area contributed by atoms with Crippen molar-refractivity contribution in [3.8, 4) is 11.5 Å². The van der Waals surface area contributed by atoms with Crippen LogP contribution < -0.4 is 10.1 Å². The topological polar surface area (TPSA) is 97.5 Å². The molecule has 0 unspecified atom stereocenters. The number of ether oxygens (including phenoxy) is 1. The molecule has 0 aliphatic heterocycles. The summed E-state index contributed by atoms with van der Waals surface area (Å²) < 4.78 is 11.7. The third-order valence-electron chi connectivity index (χ3n) is 7.21. The molecule has 0 saturated heterocycles. The van der Waals surface area contributed by atoms with E-state index in [0.717, 1.165) is 23.8 Å². The average Bonchev–Trinajstić information content (AvgIpc) is 3.10. The molecule has 30 heavy (non-hydrogen) atoms. The molecule has 0 radical (unpaired) electrons. The zero-order chi connectivity index (χ0) is 21.0. The second-order valence-electron chi connectivity index (χ2n) is 9.14. The number of hydrogen-bond acceptors (Lipinski definition) is 6. The Morgan fingerprint density at radius 2 is 2.03 bits per heavy atom. The van der Waals surface area contributed by atoms with Crippen LogP contribution in [-0.4, -0.2) is 27.1 Å². The van der Waals surface area contributed by atoms with Gasteiger partial charge in [-0.05, 0) is 54.2 Å². The van der Waals surface area contributed by atoms with Crippen molar-refractivity contribution >= 4 is 23.1 Å². The number of fused-ring (bicyclic) bond motifs is 3. The van der Waals surface area contributed by atoms with Crippen LogP contribution >= 0.6 is 0 Å². The molecular weight excluding hydrogens is 382 g/mol. The summed E-state index contributed by atoms with van der Waals surface area (Å²) in [6.07, 6.45) is 3.88. The summed E-state index contributed by atoms with van der Waals surface area (Å²) in [6.45, 7) is 7.11. The predicted molar refractivity (Wildman–Crippen MR) is 112 cm³/mol. The highest BCUT2D eigenvalue weighted by Crippen LogP contribution is 2.61. The minimum atomic E-state index is -1.10. The van der Waals surface area contributed by atoms with E-state index in [9.17, 15) is 4.79 Å². The van der Waals surface area contributed by atoms with Gasteiger partial charge in [0.2, 0.25) is 0 Å². The van der Waals surface area contributed by atoms with Gasteiger partial charge in [-0.15, -0.1) is 0 Å². The van der Waals surface area contributed by atoms with Crippen LogP contribution in [0.3, 0.4) is 0 Å². The lowest BCUT2D eigenvalue weighted by atomic mass is 9.45. The van der Waals surface area contributed by atoms with Crippen LogP contribution in [0.5, 0.6) is 11.5 Å². The first kappa shape index (κ1) is 18.9. The fourth-order valence-electron chi connectivity index (χ4n) is 5.26. The number of pyridine rings is 1. The van der Waals surface area contributed by atoms with E-state index in [1.807, 2.05) is 6.07 Å². The summed E-state index contributed by atoms with van der Waals surface area (Å²) in [7, 11) is 0. The largest absolute Gasteiger partial charge is 0.477 e. The molecule has 0 amide bonds. The number of hydrogen-bond donors (Lipinski definition) is 2. The second kappa shape index (κ2) is 6.72. The van der Waals surface area contributed by atoms with Gasteiger partial charge in [-0.3, -0.25) is 0 Å². The molecule has 2 N–H and O–H groups in total. The Kier molecular flexibility index (Phi) is 4.24. The van der Waals surface area contributed by atoms with Crippen molar-refractivity contribution in [2.75, 3.05) is 5.32 Å². The highest BCUT2D eigenvalue weighted by molar-refractivity contribution is 5.85. The van der Waals surface area contributed by atoms with Crippen molar-refractivity contribution in [1.29, 1.82) is 0 Å². The van der Waals surface area contributed by atoms with E-state index in [1.165, 1.54) is 18.7 Å². The Morgan fingerprint density at radius 1 is 1.23 bits per heavy atom. The Morgan fingerprint density at radius 3 is 2.77 bits per heavy atom. The van der Waals surface area contributed by atoms with Crippen molar-refractivity contribution in [3.63, 3.8) is 0 Å². The van der Waals surface area contributed by atoms with E-state index in [-0.39, 0.29) is 5.69 Å². The maximum Gasteiger partial charge on any atom is 0.354 e. The molecule has 3 fully saturated rings. The van der Waals surface area contributed by atoms with Gasteiger partial charge >= 0.3 is 5.97 Å². The number of carbonyl (C=O) groups is 1. The standard InChI is InChI=1S/C23H25N3O4/c1-12-16-8-13(23(16,2)3)9-18(12)26-22-25-17-5-4-14(11-20(17)30-22)29-15-6-7-24-19(10-15)21(27)28/h4-7,10-13,16,18H,8-9H2,1-3H3,(H,25,26)(H,27,28)/t12-,13+,16-,18-/m0/s1. The third kappa shape index (κ3) is 3.09. The molecule has 3 aromatic rings. The summed E-state index contributed by atoms with van der Waals surface area (Å²) >= 11 is 0. The van der Waals surface area contributed by atoms with Crippen LogP contribution in [0.4, 0.5) is 6.01 Å². The highest BCUT2D eigenvalue weighted by atomic mass is 16.5. The molecule has 2 heterocycles. The third-order valence-corrected chi connectivity index (χ3v) is 7.21. The Hall–Kier alpha value is -3.09. The van der Waals surface area contributed by atoms with Crippen molar-refractivity contribution in [3.05, 3.63) is 42.2 Å². The fraction of sp³-hybridized carbons (Fsp3) is 0.435. The molecule has 7 nitrogen and oxygen atoms in total. The number of benzene rings is 1. The van der Waals surface area contributed by atoms with Gasteiger partial charge in [-0.1, -0.05) is 20.8 Å². The summed E-state index contributed by atoms with van der Waals surface area (Å²) in [5.74, 6) is 1.93. The van der Waals surface area contributed by atoms with Crippen LogP contribution in [0.25, 0.3) is 11.1 Å². The monoisotopic (exact) mass is 407 g/mol. The van der Waals surface area contributed by atoms with E-state index in [2.05, 4.69) is 36.1 Å². The van der Waals surface area contributed by atoms with Crippen LogP contribution in [0.1, 0.15) is 44.1 Å². The normalized spacial score (nSPS) is 26.8. The van der Waals surface area contributed by atoms with Crippen molar-refractivity contribution in [2.45, 2.75) is 39.7 Å². The number of aromatic carboxylic acids is 1. The molecule has 7 heteroatoms. The van der Waals surface area contributed by atoms with Crippen molar-refractivity contribution < 1.29 is 19.1 Å². The minimum Gasteiger partial charge on any atom is -0.477 e. The van der Waals surface area contributed by atoms with Crippen LogP contribution in [-0.2, 0) is 0 Å². The van der Waals surface area contributed by atoms with Gasteiger partial charge in [0.05, 0.1) is 0 Å². The first-order chi connectivity index (χ1) is 14.3. The van der Waals surface area contributed by atoms with E-state index < -0.39 is 5.97 Å². The van der Waals surface area contributed by atoms with Gasteiger partial charge in [0, 0.05) is 24.4 Å². The van der Waals surface area contributed by atoms with Crippen molar-refractivity contribution in [1.82, 2.24) is 9.97 Å². The minimum absolute atomic E-state index is 0.0671. The lowest BCUT2D eigenvalue weighted by molar-refractivity contribution is -0.105. The molecule has 156 valence electrons. The summed E-state index contributed by atoms with van der Waals surface area (Å²) in [5.41, 5.74) is 1.75. The lowest BCUT2D eigenvalue weighted by Crippen LogP contribution is -2.58. The number of carboxylic acids is 1. The first-order valence-electron chi connectivity index (χ1n) is 10.4. The lowest BCUT2D eigenvalue weighted by Gasteiger charge is -2.62. The molecule has 1 aromatic carbocycles. The maximum absolute atomic E-state index is 11.1. The van der Waals surface area contributed by atoms with Crippen LogP contribution in [0.15, 0.2) is 40.9 Å². The number of carboxylic acid groups (broad SMARTS) is 1. The van der Waals surface area contributed by atoms with Gasteiger partial charge < -0.3 is 19.6 Å². The molecule has 6 rings (SSSR count). The number of aromatic nitrogens is 2. The predicted octanol–water partition coefficient (Wildman–Crippen LogP) is 5.20. The number of rotatable bonds is 5. The van der Waals surface area contributed by atoms with Gasteiger partial charge in [-0.2, -0.15) is 4.98 Å². The molecule has 0 spiro atoms. The summed E-state index contributed by atoms with van der Waals surface area (Å²) in [4.78, 5) is 19.5. The Bertz CT molecular complexity index is 1120. The molecule has 3 saturated carbocycles. The Balaban J connectivity index is 1.32. The van der Waals surface area contributed by atoms with E-state index in [0.29, 0.717) is 40.5 Å². The fourth-order valence-corrected chi connectivity index (χ4v) is 5.26. The molecular formula is C23H25N3O4. The zero-order valence-corrected chi connectivity index (χ0v) is 17.3. The number of nitrogens with zero attached hydrogens (tertiary/aromatic N) is 2. The molecule has 3 aliphatic carbocycles. The van der Waals surface area contributed by atoms with E-state index >= 15 is 0 Å². The molecule has 2 bridgehead atoms. The van der Waals surface area contributed by atoms with Gasteiger partial charge in [0.1, 0.15) is 17.0 Å². The molecule has 3 aliphatic rings. The van der Waals surface area contributed by atoms with Crippen LogP contribution in [0, 0.1) is 23.2 Å². The zero-order valence-electron chi connectivity index (χ0n) is 17.3. The van der Waals surface area contributed by atoms with E-state index in [4.69, 9.17) is 14.3 Å². The van der Waals surface area contributed by atoms with Gasteiger partial charge in [-0.25, -0.2) is 9.78 Å². The smallest absolute Gasteiger partial charge is 0.354 e. The molecule has 4 atom stereocenters. The number of oxazole rings is 1. The van der Waals surface area contributed by atoms with Crippen molar-refractivity contribution in [2.24, 2.45) is 23.2 Å². The second-order valence-corrected chi connectivity index (χ2v) is 9.14. The van der Waals surface area contributed by atoms with Gasteiger partial charge in [0.15, 0.2) is 11.3 Å². The van der Waals surface area contributed by atoms with Crippen LogP contribution in [0.2, 0.25) is 0 Å².